The highest BCUT2D eigenvalue weighted by Crippen LogP contribution is 2.41. The molecule has 0 aromatic heterocycles. The van der Waals surface area contributed by atoms with Gasteiger partial charge in [0.05, 0.1) is 13.7 Å². The van der Waals surface area contributed by atoms with E-state index in [9.17, 15) is 4.79 Å². The number of carbonyl (C=O) groups excluding carboxylic acids is 1. The fourth-order valence-electron chi connectivity index (χ4n) is 4.98. The van der Waals surface area contributed by atoms with Crippen molar-refractivity contribution in [3.8, 4) is 11.5 Å². The average molecular weight is 344 g/mol. The molecule has 3 saturated heterocycles. The number of rotatable bonds is 4. The summed E-state index contributed by atoms with van der Waals surface area (Å²) >= 11 is 0. The number of likely N-dealkylation sites (tertiary alicyclic amines) is 1. The average Bonchev–Trinajstić information content (AvgIpc) is 3.19. The number of ether oxygens (including phenoxy) is 2. The first-order chi connectivity index (χ1) is 12.2. The van der Waals surface area contributed by atoms with Crippen molar-refractivity contribution in [2.75, 3.05) is 39.9 Å². The second-order valence-electron chi connectivity index (χ2n) is 7.49. The van der Waals surface area contributed by atoms with Gasteiger partial charge in [-0.15, -0.1) is 0 Å². The molecule has 3 fully saturated rings. The predicted octanol–water partition coefficient (Wildman–Crippen LogP) is 2.65. The number of nitrogens with zero attached hydrogens (tertiary/aromatic N) is 2. The lowest BCUT2D eigenvalue weighted by atomic mass is 9.90. The molecule has 4 rings (SSSR count). The Morgan fingerprint density at radius 3 is 2.88 bits per heavy atom. The van der Waals surface area contributed by atoms with Crippen LogP contribution in [0.15, 0.2) is 18.2 Å². The molecule has 0 saturated carbocycles. The second-order valence-corrected chi connectivity index (χ2v) is 7.49. The molecule has 3 aliphatic rings. The van der Waals surface area contributed by atoms with E-state index in [1.165, 1.54) is 32.4 Å². The number of benzene rings is 1. The van der Waals surface area contributed by atoms with E-state index in [0.29, 0.717) is 41.5 Å². The van der Waals surface area contributed by atoms with Crippen LogP contribution in [0.4, 0.5) is 0 Å². The van der Waals surface area contributed by atoms with E-state index < -0.39 is 0 Å². The Morgan fingerprint density at radius 2 is 2.08 bits per heavy atom. The third kappa shape index (κ3) is 2.99. The SMILES string of the molecule is CCOc1ccc(C(=O)N2CC3CN4CCCCC4C3C2)cc1OC. The van der Waals surface area contributed by atoms with E-state index in [2.05, 4.69) is 9.80 Å². The molecule has 3 heterocycles. The van der Waals surface area contributed by atoms with Crippen LogP contribution in [0.3, 0.4) is 0 Å². The number of hydrogen-bond donors (Lipinski definition) is 0. The summed E-state index contributed by atoms with van der Waals surface area (Å²) in [7, 11) is 1.62. The molecule has 0 spiro atoms. The van der Waals surface area contributed by atoms with E-state index in [4.69, 9.17) is 9.47 Å². The van der Waals surface area contributed by atoms with Gasteiger partial charge in [0.2, 0.25) is 0 Å². The van der Waals surface area contributed by atoms with Gasteiger partial charge in [0.25, 0.3) is 5.91 Å². The zero-order chi connectivity index (χ0) is 17.4. The van der Waals surface area contributed by atoms with E-state index in [0.717, 1.165) is 13.1 Å². The van der Waals surface area contributed by atoms with Gasteiger partial charge >= 0.3 is 0 Å². The highest BCUT2D eigenvalue weighted by atomic mass is 16.5. The lowest BCUT2D eigenvalue weighted by Gasteiger charge is -2.33. The van der Waals surface area contributed by atoms with Crippen molar-refractivity contribution < 1.29 is 14.3 Å². The molecule has 1 amide bonds. The maximum absolute atomic E-state index is 13.0. The Kier molecular flexibility index (Phi) is 4.59. The molecule has 3 atom stereocenters. The summed E-state index contributed by atoms with van der Waals surface area (Å²) in [5, 5.41) is 0. The van der Waals surface area contributed by atoms with Crippen molar-refractivity contribution in [1.82, 2.24) is 9.80 Å². The first-order valence-corrected chi connectivity index (χ1v) is 9.55. The number of methoxy groups -OCH3 is 1. The maximum Gasteiger partial charge on any atom is 0.254 e. The van der Waals surface area contributed by atoms with Crippen molar-refractivity contribution in [2.45, 2.75) is 32.2 Å². The zero-order valence-electron chi connectivity index (χ0n) is 15.2. The summed E-state index contributed by atoms with van der Waals surface area (Å²) in [6.07, 6.45) is 3.99. The minimum atomic E-state index is 0.123. The third-order valence-electron chi connectivity index (χ3n) is 6.12. The largest absolute Gasteiger partial charge is 0.493 e. The maximum atomic E-state index is 13.0. The number of piperidine rings is 1. The van der Waals surface area contributed by atoms with Gasteiger partial charge in [0.1, 0.15) is 0 Å². The topological polar surface area (TPSA) is 42.0 Å². The van der Waals surface area contributed by atoms with E-state index in [-0.39, 0.29) is 5.91 Å². The zero-order valence-corrected chi connectivity index (χ0v) is 15.2. The Balaban J connectivity index is 1.47. The second kappa shape index (κ2) is 6.87. The van der Waals surface area contributed by atoms with Crippen LogP contribution in [0.5, 0.6) is 11.5 Å². The Labute approximate surface area is 149 Å². The van der Waals surface area contributed by atoms with Gasteiger partial charge in [0, 0.05) is 31.2 Å². The fourth-order valence-corrected chi connectivity index (χ4v) is 4.98. The van der Waals surface area contributed by atoms with Crippen LogP contribution in [-0.4, -0.2) is 61.6 Å². The van der Waals surface area contributed by atoms with Gasteiger partial charge in [-0.2, -0.15) is 0 Å². The van der Waals surface area contributed by atoms with Crippen molar-refractivity contribution in [2.24, 2.45) is 11.8 Å². The molecule has 0 radical (unpaired) electrons. The number of carbonyl (C=O) groups is 1. The monoisotopic (exact) mass is 344 g/mol. The number of hydrogen-bond acceptors (Lipinski definition) is 4. The first kappa shape index (κ1) is 16.7. The van der Waals surface area contributed by atoms with Gasteiger partial charge in [-0.3, -0.25) is 9.69 Å². The normalized spacial score (nSPS) is 28.6. The van der Waals surface area contributed by atoms with E-state index in [1.807, 2.05) is 25.1 Å². The van der Waals surface area contributed by atoms with Crippen LogP contribution < -0.4 is 9.47 Å². The highest BCUT2D eigenvalue weighted by Gasteiger charge is 2.48. The predicted molar refractivity (Wildman–Crippen MR) is 96.3 cm³/mol. The van der Waals surface area contributed by atoms with Gasteiger partial charge in [-0.1, -0.05) is 6.42 Å². The molecule has 5 heteroatoms. The van der Waals surface area contributed by atoms with Crippen LogP contribution in [0, 0.1) is 11.8 Å². The summed E-state index contributed by atoms with van der Waals surface area (Å²) in [6.45, 7) is 6.74. The Hall–Kier alpha value is -1.75. The molecule has 1 aromatic rings. The van der Waals surface area contributed by atoms with Crippen LogP contribution in [0.1, 0.15) is 36.5 Å². The van der Waals surface area contributed by atoms with Gasteiger partial charge < -0.3 is 14.4 Å². The summed E-state index contributed by atoms with van der Waals surface area (Å²) in [5.74, 6) is 2.76. The summed E-state index contributed by atoms with van der Waals surface area (Å²) in [5.41, 5.74) is 0.695. The van der Waals surface area contributed by atoms with Crippen molar-refractivity contribution >= 4 is 5.91 Å². The highest BCUT2D eigenvalue weighted by molar-refractivity contribution is 5.95. The van der Waals surface area contributed by atoms with E-state index >= 15 is 0 Å². The molecule has 5 nitrogen and oxygen atoms in total. The van der Waals surface area contributed by atoms with Crippen molar-refractivity contribution in [3.05, 3.63) is 23.8 Å². The molecule has 0 bridgehead atoms. The van der Waals surface area contributed by atoms with Crippen LogP contribution in [-0.2, 0) is 0 Å². The number of fused-ring (bicyclic) bond motifs is 3. The fraction of sp³-hybridized carbons (Fsp3) is 0.650. The summed E-state index contributed by atoms with van der Waals surface area (Å²) in [6, 6.07) is 6.21. The number of amides is 1. The quantitative estimate of drug-likeness (QED) is 0.842. The molecular weight excluding hydrogens is 316 g/mol. The van der Waals surface area contributed by atoms with Crippen molar-refractivity contribution in [3.63, 3.8) is 0 Å². The smallest absolute Gasteiger partial charge is 0.254 e. The molecule has 136 valence electrons. The van der Waals surface area contributed by atoms with Crippen LogP contribution in [0.2, 0.25) is 0 Å². The minimum absolute atomic E-state index is 0.123. The standard InChI is InChI=1S/C20H28N2O3/c1-3-25-18-8-7-14(10-19(18)24-2)20(23)22-12-15-11-21-9-5-4-6-17(21)16(15)13-22/h7-8,10,15-17H,3-6,9,11-13H2,1-2H3. The molecule has 3 unspecified atom stereocenters. The van der Waals surface area contributed by atoms with Crippen LogP contribution in [0.25, 0.3) is 0 Å². The van der Waals surface area contributed by atoms with Gasteiger partial charge in [-0.25, -0.2) is 0 Å². The lowest BCUT2D eigenvalue weighted by Crippen LogP contribution is -2.40. The minimum Gasteiger partial charge on any atom is -0.493 e. The van der Waals surface area contributed by atoms with E-state index in [1.54, 1.807) is 7.11 Å². The molecule has 25 heavy (non-hydrogen) atoms. The van der Waals surface area contributed by atoms with Gasteiger partial charge in [-0.05, 0) is 56.3 Å². The van der Waals surface area contributed by atoms with Crippen molar-refractivity contribution in [1.29, 1.82) is 0 Å². The molecule has 1 aromatic carbocycles. The molecular formula is C20H28N2O3. The Morgan fingerprint density at radius 1 is 1.20 bits per heavy atom. The van der Waals surface area contributed by atoms with Crippen LogP contribution >= 0.6 is 0 Å². The molecule has 3 aliphatic heterocycles. The lowest BCUT2D eigenvalue weighted by molar-refractivity contribution is 0.0753. The van der Waals surface area contributed by atoms with Gasteiger partial charge in [0.15, 0.2) is 11.5 Å². The first-order valence-electron chi connectivity index (χ1n) is 9.55. The summed E-state index contributed by atoms with van der Waals surface area (Å²) < 4.78 is 10.9. The Bertz CT molecular complexity index is 648. The summed E-state index contributed by atoms with van der Waals surface area (Å²) in [4.78, 5) is 17.7. The third-order valence-corrected chi connectivity index (χ3v) is 6.12. The molecule has 0 N–H and O–H groups in total. The molecule has 0 aliphatic carbocycles.